The zero-order valence-corrected chi connectivity index (χ0v) is 11.9. The lowest BCUT2D eigenvalue weighted by Crippen LogP contribution is -2.42. The predicted molar refractivity (Wildman–Crippen MR) is 71.9 cm³/mol. The second-order valence-electron chi connectivity index (χ2n) is 4.47. The summed E-state index contributed by atoms with van der Waals surface area (Å²) in [4.78, 5) is 11.7. The van der Waals surface area contributed by atoms with Crippen LogP contribution in [0.2, 0.25) is 0 Å². The molecule has 1 aromatic carbocycles. The van der Waals surface area contributed by atoms with Crippen molar-refractivity contribution >= 4 is 21.6 Å². The summed E-state index contributed by atoms with van der Waals surface area (Å²) in [7, 11) is -3.66. The first kappa shape index (κ1) is 15.4. The molecule has 1 N–H and O–H groups in total. The van der Waals surface area contributed by atoms with Crippen LogP contribution in [0, 0.1) is 5.82 Å². The van der Waals surface area contributed by atoms with E-state index in [1.54, 1.807) is 13.8 Å². The molecular formula is C12H17FN2O3S. The smallest absolute Gasteiger partial charge is 0.240 e. The fourth-order valence-electron chi connectivity index (χ4n) is 1.53. The van der Waals surface area contributed by atoms with Gasteiger partial charge in [-0.25, -0.2) is 12.8 Å². The van der Waals surface area contributed by atoms with E-state index in [0.29, 0.717) is 0 Å². The molecule has 0 radical (unpaired) electrons. The fraction of sp³-hybridized carbons (Fsp3) is 0.417. The van der Waals surface area contributed by atoms with Gasteiger partial charge in [-0.05, 0) is 32.0 Å². The summed E-state index contributed by atoms with van der Waals surface area (Å²) in [6.45, 7) is 3.16. The molecule has 5 nitrogen and oxygen atoms in total. The van der Waals surface area contributed by atoms with Gasteiger partial charge in [-0.15, -0.1) is 0 Å². The number of rotatable bonds is 5. The zero-order chi connectivity index (χ0) is 14.6. The van der Waals surface area contributed by atoms with Crippen LogP contribution in [0.4, 0.5) is 10.1 Å². The van der Waals surface area contributed by atoms with E-state index in [-0.39, 0.29) is 18.3 Å². The van der Waals surface area contributed by atoms with Crippen molar-refractivity contribution in [2.75, 3.05) is 17.1 Å². The van der Waals surface area contributed by atoms with E-state index < -0.39 is 21.7 Å². The molecule has 0 saturated heterocycles. The Balaban J connectivity index is 3.01. The van der Waals surface area contributed by atoms with Crippen LogP contribution >= 0.6 is 0 Å². The third kappa shape index (κ3) is 4.86. The zero-order valence-electron chi connectivity index (χ0n) is 11.1. The first-order valence-corrected chi connectivity index (χ1v) is 7.57. The number of halogens is 1. The number of carbonyl (C=O) groups excluding carboxylic acids is 1. The van der Waals surface area contributed by atoms with Crippen LogP contribution in [0.1, 0.15) is 13.8 Å². The highest BCUT2D eigenvalue weighted by Gasteiger charge is 2.21. The van der Waals surface area contributed by atoms with Crippen molar-refractivity contribution in [2.45, 2.75) is 19.9 Å². The topological polar surface area (TPSA) is 66.5 Å². The van der Waals surface area contributed by atoms with Crippen LogP contribution in [0.25, 0.3) is 0 Å². The lowest BCUT2D eigenvalue weighted by atomic mass is 10.3. The molecule has 1 aromatic rings. The molecule has 0 saturated carbocycles. The lowest BCUT2D eigenvalue weighted by molar-refractivity contribution is -0.120. The van der Waals surface area contributed by atoms with Crippen molar-refractivity contribution in [2.24, 2.45) is 0 Å². The molecule has 0 aliphatic rings. The third-order valence-electron chi connectivity index (χ3n) is 2.23. The largest absolute Gasteiger partial charge is 0.352 e. The van der Waals surface area contributed by atoms with Crippen molar-refractivity contribution in [1.29, 1.82) is 0 Å². The van der Waals surface area contributed by atoms with Crippen LogP contribution in [-0.2, 0) is 14.8 Å². The summed E-state index contributed by atoms with van der Waals surface area (Å²) in [6, 6.07) is 5.01. The number of anilines is 1. The molecule has 0 atom stereocenters. The Morgan fingerprint density at radius 3 is 2.53 bits per heavy atom. The molecule has 0 bridgehead atoms. The number of sulfonamides is 1. The molecule has 0 spiro atoms. The van der Waals surface area contributed by atoms with Crippen molar-refractivity contribution in [3.8, 4) is 0 Å². The van der Waals surface area contributed by atoms with Crippen molar-refractivity contribution in [1.82, 2.24) is 5.32 Å². The lowest BCUT2D eigenvalue weighted by Gasteiger charge is -2.22. The molecule has 1 amide bonds. The predicted octanol–water partition coefficient (Wildman–Crippen LogP) is 1.12. The second kappa shape index (κ2) is 6.01. The standard InChI is InChI=1S/C12H17FN2O3S/c1-9(2)14-12(16)8-15(19(3,17)18)11-6-4-5-10(13)7-11/h4-7,9H,8H2,1-3H3,(H,14,16). The van der Waals surface area contributed by atoms with Crippen LogP contribution < -0.4 is 9.62 Å². The van der Waals surface area contributed by atoms with Crippen LogP contribution in [0.5, 0.6) is 0 Å². The molecular weight excluding hydrogens is 271 g/mol. The fourth-order valence-corrected chi connectivity index (χ4v) is 2.38. The Bertz CT molecular complexity index is 558. The number of benzene rings is 1. The van der Waals surface area contributed by atoms with E-state index in [4.69, 9.17) is 0 Å². The molecule has 0 heterocycles. The van der Waals surface area contributed by atoms with Crippen molar-refractivity contribution in [3.05, 3.63) is 30.1 Å². The Morgan fingerprint density at radius 2 is 2.05 bits per heavy atom. The minimum absolute atomic E-state index is 0.0959. The van der Waals surface area contributed by atoms with Gasteiger partial charge in [0.15, 0.2) is 0 Å². The van der Waals surface area contributed by atoms with E-state index >= 15 is 0 Å². The summed E-state index contributed by atoms with van der Waals surface area (Å²) in [5.41, 5.74) is 0.126. The van der Waals surface area contributed by atoms with Gasteiger partial charge < -0.3 is 5.32 Å². The van der Waals surface area contributed by atoms with E-state index in [0.717, 1.165) is 16.6 Å². The van der Waals surface area contributed by atoms with Crippen molar-refractivity contribution < 1.29 is 17.6 Å². The van der Waals surface area contributed by atoms with Crippen LogP contribution in [-0.4, -0.2) is 33.2 Å². The molecule has 0 unspecified atom stereocenters. The highest BCUT2D eigenvalue weighted by molar-refractivity contribution is 7.92. The molecule has 7 heteroatoms. The summed E-state index contributed by atoms with van der Waals surface area (Å²) in [5.74, 6) is -1.000. The highest BCUT2D eigenvalue weighted by Crippen LogP contribution is 2.18. The molecule has 1 rings (SSSR count). The first-order valence-electron chi connectivity index (χ1n) is 5.73. The van der Waals surface area contributed by atoms with Gasteiger partial charge in [-0.1, -0.05) is 6.07 Å². The SMILES string of the molecule is CC(C)NC(=O)CN(c1cccc(F)c1)S(C)(=O)=O. The number of carbonyl (C=O) groups is 1. The maximum absolute atomic E-state index is 13.1. The maximum atomic E-state index is 13.1. The Kier molecular flexibility index (Phi) is 4.88. The maximum Gasteiger partial charge on any atom is 0.240 e. The summed E-state index contributed by atoms with van der Waals surface area (Å²) >= 11 is 0. The third-order valence-corrected chi connectivity index (χ3v) is 3.37. The van der Waals surface area contributed by atoms with Gasteiger partial charge in [0.25, 0.3) is 0 Å². The molecule has 0 aliphatic carbocycles. The monoisotopic (exact) mass is 288 g/mol. The van der Waals surface area contributed by atoms with Gasteiger partial charge in [0, 0.05) is 6.04 Å². The van der Waals surface area contributed by atoms with Gasteiger partial charge in [0.2, 0.25) is 15.9 Å². The van der Waals surface area contributed by atoms with Gasteiger partial charge >= 0.3 is 0 Å². The summed E-state index contributed by atoms with van der Waals surface area (Å²) in [6.07, 6.45) is 0.973. The number of nitrogens with zero attached hydrogens (tertiary/aromatic N) is 1. The van der Waals surface area contributed by atoms with Gasteiger partial charge in [-0.2, -0.15) is 0 Å². The van der Waals surface area contributed by atoms with Crippen LogP contribution in [0.3, 0.4) is 0 Å². The Morgan fingerprint density at radius 1 is 1.42 bits per heavy atom. The molecule has 0 fully saturated rings. The number of amides is 1. The second-order valence-corrected chi connectivity index (χ2v) is 6.38. The Labute approximate surface area is 112 Å². The molecule has 0 aliphatic heterocycles. The molecule has 0 aromatic heterocycles. The minimum Gasteiger partial charge on any atom is -0.352 e. The summed E-state index contributed by atoms with van der Waals surface area (Å²) in [5, 5.41) is 2.59. The average Bonchev–Trinajstić information content (AvgIpc) is 2.23. The van der Waals surface area contributed by atoms with E-state index in [1.807, 2.05) is 0 Å². The number of hydrogen-bond donors (Lipinski definition) is 1. The highest BCUT2D eigenvalue weighted by atomic mass is 32.2. The normalized spacial score (nSPS) is 11.4. The molecule has 106 valence electrons. The number of hydrogen-bond acceptors (Lipinski definition) is 3. The molecule has 19 heavy (non-hydrogen) atoms. The minimum atomic E-state index is -3.66. The van der Waals surface area contributed by atoms with Gasteiger partial charge in [0.1, 0.15) is 12.4 Å². The number of nitrogens with one attached hydrogen (secondary N) is 1. The van der Waals surface area contributed by atoms with E-state index in [1.165, 1.54) is 18.2 Å². The van der Waals surface area contributed by atoms with Gasteiger partial charge in [0.05, 0.1) is 11.9 Å². The van der Waals surface area contributed by atoms with Crippen molar-refractivity contribution in [3.63, 3.8) is 0 Å². The van der Waals surface area contributed by atoms with Crippen LogP contribution in [0.15, 0.2) is 24.3 Å². The average molecular weight is 288 g/mol. The van der Waals surface area contributed by atoms with E-state index in [9.17, 15) is 17.6 Å². The van der Waals surface area contributed by atoms with E-state index in [2.05, 4.69) is 5.32 Å². The summed E-state index contributed by atoms with van der Waals surface area (Å²) < 4.78 is 37.4. The quantitative estimate of drug-likeness (QED) is 0.883. The van der Waals surface area contributed by atoms with Gasteiger partial charge in [-0.3, -0.25) is 9.10 Å². The Hall–Kier alpha value is -1.63. The first-order chi connectivity index (χ1) is 8.70.